The quantitative estimate of drug-likeness (QED) is 0.814. The van der Waals surface area contributed by atoms with Gasteiger partial charge in [-0.25, -0.2) is 12.7 Å². The summed E-state index contributed by atoms with van der Waals surface area (Å²) in [5.74, 6) is -1.23. The fraction of sp³-hybridized carbons (Fsp3) is 0.385. The van der Waals surface area contributed by atoms with Crippen molar-refractivity contribution in [2.75, 3.05) is 13.1 Å². The van der Waals surface area contributed by atoms with Crippen molar-refractivity contribution < 1.29 is 18.3 Å². The van der Waals surface area contributed by atoms with Crippen LogP contribution >= 0.6 is 0 Å². The van der Waals surface area contributed by atoms with Crippen LogP contribution in [0.1, 0.15) is 24.5 Å². The van der Waals surface area contributed by atoms with Gasteiger partial charge in [0, 0.05) is 13.1 Å². The predicted molar refractivity (Wildman–Crippen MR) is 73.3 cm³/mol. The number of carboxylic acids is 1. The Labute approximate surface area is 118 Å². The number of carbonyl (C=O) groups is 1. The first-order chi connectivity index (χ1) is 9.39. The third kappa shape index (κ3) is 4.64. The molecule has 0 aliphatic rings. The second-order valence-electron chi connectivity index (χ2n) is 4.20. The maximum absolute atomic E-state index is 12.2. The Morgan fingerprint density at radius 3 is 2.40 bits per heavy atom. The SMILES string of the molecule is CCN(CCC(=O)O)S(=O)(=O)Cc1ccc(C#N)cc1. The summed E-state index contributed by atoms with van der Waals surface area (Å²) < 4.78 is 25.5. The molecule has 7 heteroatoms. The number of hydrogen-bond acceptors (Lipinski definition) is 4. The van der Waals surface area contributed by atoms with Crippen molar-refractivity contribution in [3.63, 3.8) is 0 Å². The third-order valence-electron chi connectivity index (χ3n) is 2.75. The summed E-state index contributed by atoms with van der Waals surface area (Å²) in [5.41, 5.74) is 1.03. The number of sulfonamides is 1. The van der Waals surface area contributed by atoms with Gasteiger partial charge in [-0.3, -0.25) is 4.79 Å². The highest BCUT2D eigenvalue weighted by molar-refractivity contribution is 7.88. The number of benzene rings is 1. The molecule has 0 saturated heterocycles. The fourth-order valence-corrected chi connectivity index (χ4v) is 3.25. The highest BCUT2D eigenvalue weighted by atomic mass is 32.2. The molecular formula is C13H16N2O4S. The van der Waals surface area contributed by atoms with Gasteiger partial charge >= 0.3 is 5.97 Å². The molecule has 0 aliphatic carbocycles. The number of carboxylic acid groups (broad SMARTS) is 1. The summed E-state index contributed by atoms with van der Waals surface area (Å²) in [6, 6.07) is 8.24. The van der Waals surface area contributed by atoms with E-state index in [1.165, 1.54) is 0 Å². The molecule has 0 fully saturated rings. The van der Waals surface area contributed by atoms with Crippen molar-refractivity contribution in [1.29, 1.82) is 5.26 Å². The lowest BCUT2D eigenvalue weighted by molar-refractivity contribution is -0.137. The number of hydrogen-bond donors (Lipinski definition) is 1. The minimum Gasteiger partial charge on any atom is -0.481 e. The normalized spacial score (nSPS) is 11.2. The lowest BCUT2D eigenvalue weighted by Gasteiger charge is -2.19. The molecule has 0 amide bonds. The minimum atomic E-state index is -3.55. The van der Waals surface area contributed by atoms with E-state index < -0.39 is 16.0 Å². The van der Waals surface area contributed by atoms with E-state index in [0.29, 0.717) is 11.1 Å². The average molecular weight is 296 g/mol. The molecule has 20 heavy (non-hydrogen) atoms. The summed E-state index contributed by atoms with van der Waals surface area (Å²) in [6.45, 7) is 1.86. The van der Waals surface area contributed by atoms with Crippen LogP contribution in [0.4, 0.5) is 0 Å². The Balaban J connectivity index is 2.80. The molecule has 0 heterocycles. The van der Waals surface area contributed by atoms with Crippen LogP contribution in [-0.2, 0) is 20.6 Å². The van der Waals surface area contributed by atoms with Gasteiger partial charge in [0.1, 0.15) is 0 Å². The van der Waals surface area contributed by atoms with Gasteiger partial charge in [-0.15, -0.1) is 0 Å². The standard InChI is InChI=1S/C13H16N2O4S/c1-2-15(8-7-13(16)17)20(18,19)10-12-5-3-11(9-14)4-6-12/h3-6H,2,7-8,10H2,1H3,(H,16,17). The molecule has 0 aromatic heterocycles. The lowest BCUT2D eigenvalue weighted by Crippen LogP contribution is -2.33. The van der Waals surface area contributed by atoms with Crippen LogP contribution in [0.3, 0.4) is 0 Å². The molecule has 0 bridgehead atoms. The molecule has 6 nitrogen and oxygen atoms in total. The van der Waals surface area contributed by atoms with Crippen molar-refractivity contribution >= 4 is 16.0 Å². The first-order valence-corrected chi connectivity index (χ1v) is 7.68. The Morgan fingerprint density at radius 2 is 1.95 bits per heavy atom. The molecule has 0 radical (unpaired) electrons. The largest absolute Gasteiger partial charge is 0.481 e. The minimum absolute atomic E-state index is 0.0373. The van der Waals surface area contributed by atoms with Crippen molar-refractivity contribution in [3.05, 3.63) is 35.4 Å². The van der Waals surface area contributed by atoms with Crippen LogP contribution in [0.2, 0.25) is 0 Å². The van der Waals surface area contributed by atoms with Crippen molar-refractivity contribution in [2.45, 2.75) is 19.1 Å². The number of rotatable bonds is 7. The van der Waals surface area contributed by atoms with Crippen molar-refractivity contribution in [3.8, 4) is 6.07 Å². The van der Waals surface area contributed by atoms with E-state index in [2.05, 4.69) is 0 Å². The summed E-state index contributed by atoms with van der Waals surface area (Å²) in [6.07, 6.45) is -0.222. The zero-order valence-corrected chi connectivity index (χ0v) is 11.9. The van der Waals surface area contributed by atoms with Gasteiger partial charge in [0.2, 0.25) is 10.0 Å². The Morgan fingerprint density at radius 1 is 1.35 bits per heavy atom. The molecule has 1 N–H and O–H groups in total. The Bertz CT molecular complexity index is 602. The van der Waals surface area contributed by atoms with E-state index in [-0.39, 0.29) is 25.3 Å². The van der Waals surface area contributed by atoms with E-state index in [4.69, 9.17) is 10.4 Å². The van der Waals surface area contributed by atoms with Crippen LogP contribution in [0, 0.1) is 11.3 Å². The zero-order chi connectivity index (χ0) is 15.2. The van der Waals surface area contributed by atoms with Gasteiger partial charge in [-0.2, -0.15) is 5.26 Å². The molecule has 108 valence electrons. The molecule has 0 saturated carbocycles. The number of aliphatic carboxylic acids is 1. The van der Waals surface area contributed by atoms with Crippen LogP contribution < -0.4 is 0 Å². The number of nitrogens with zero attached hydrogens (tertiary/aromatic N) is 2. The Kier molecular flexibility index (Phi) is 5.67. The summed E-state index contributed by atoms with van der Waals surface area (Å²) in [4.78, 5) is 10.5. The summed E-state index contributed by atoms with van der Waals surface area (Å²) >= 11 is 0. The van der Waals surface area contributed by atoms with Crippen LogP contribution in [0.5, 0.6) is 0 Å². The molecule has 0 unspecified atom stereocenters. The molecule has 0 aliphatic heterocycles. The molecule has 1 aromatic rings. The topological polar surface area (TPSA) is 98.5 Å². The van der Waals surface area contributed by atoms with Crippen LogP contribution in [0.15, 0.2) is 24.3 Å². The van der Waals surface area contributed by atoms with Crippen molar-refractivity contribution in [2.24, 2.45) is 0 Å². The number of nitriles is 1. The molecule has 1 aromatic carbocycles. The monoisotopic (exact) mass is 296 g/mol. The second-order valence-corrected chi connectivity index (χ2v) is 6.17. The summed E-state index contributed by atoms with van der Waals surface area (Å²) in [7, 11) is -3.55. The van der Waals surface area contributed by atoms with Gasteiger partial charge in [0.05, 0.1) is 23.8 Å². The maximum atomic E-state index is 12.2. The van der Waals surface area contributed by atoms with Gasteiger partial charge in [0.25, 0.3) is 0 Å². The smallest absolute Gasteiger partial charge is 0.304 e. The molecular weight excluding hydrogens is 280 g/mol. The van der Waals surface area contributed by atoms with Gasteiger partial charge < -0.3 is 5.11 Å². The molecule has 1 rings (SSSR count). The predicted octanol–water partition coefficient (Wildman–Crippen LogP) is 1.18. The van der Waals surface area contributed by atoms with E-state index in [1.807, 2.05) is 6.07 Å². The zero-order valence-electron chi connectivity index (χ0n) is 11.1. The van der Waals surface area contributed by atoms with Gasteiger partial charge in [0.15, 0.2) is 0 Å². The van der Waals surface area contributed by atoms with E-state index >= 15 is 0 Å². The van der Waals surface area contributed by atoms with E-state index in [9.17, 15) is 13.2 Å². The van der Waals surface area contributed by atoms with Crippen molar-refractivity contribution in [1.82, 2.24) is 4.31 Å². The summed E-state index contributed by atoms with van der Waals surface area (Å²) in [5, 5.41) is 17.3. The fourth-order valence-electron chi connectivity index (χ4n) is 1.69. The van der Waals surface area contributed by atoms with Gasteiger partial charge in [-0.05, 0) is 17.7 Å². The van der Waals surface area contributed by atoms with E-state index in [0.717, 1.165) is 4.31 Å². The molecule has 0 spiro atoms. The maximum Gasteiger partial charge on any atom is 0.304 e. The first kappa shape index (κ1) is 16.1. The second kappa shape index (κ2) is 7.03. The third-order valence-corrected chi connectivity index (χ3v) is 4.68. The average Bonchev–Trinajstić information content (AvgIpc) is 2.39. The van der Waals surface area contributed by atoms with Crippen LogP contribution in [0.25, 0.3) is 0 Å². The van der Waals surface area contributed by atoms with E-state index in [1.54, 1.807) is 31.2 Å². The highest BCUT2D eigenvalue weighted by Crippen LogP contribution is 2.12. The first-order valence-electron chi connectivity index (χ1n) is 6.07. The highest BCUT2D eigenvalue weighted by Gasteiger charge is 2.21. The molecule has 0 atom stereocenters. The Hall–Kier alpha value is -1.91. The van der Waals surface area contributed by atoms with Crippen LogP contribution in [-0.4, -0.2) is 36.9 Å². The lowest BCUT2D eigenvalue weighted by atomic mass is 10.2. The van der Waals surface area contributed by atoms with Gasteiger partial charge in [-0.1, -0.05) is 19.1 Å².